The predicted octanol–water partition coefficient (Wildman–Crippen LogP) is 1.93. The van der Waals surface area contributed by atoms with E-state index in [1.165, 1.54) is 0 Å². The minimum atomic E-state index is -0.556. The minimum absolute atomic E-state index is 0.0532. The molecule has 1 saturated heterocycles. The van der Waals surface area contributed by atoms with Crippen LogP contribution in [0.5, 0.6) is 11.5 Å². The molecule has 2 atom stereocenters. The number of rotatable bonds is 4. The van der Waals surface area contributed by atoms with Crippen LogP contribution >= 0.6 is 0 Å². The summed E-state index contributed by atoms with van der Waals surface area (Å²) in [6, 6.07) is 5.53. The zero-order chi connectivity index (χ0) is 16.4. The van der Waals surface area contributed by atoms with Gasteiger partial charge in [0.25, 0.3) is 0 Å². The molecule has 0 radical (unpaired) electrons. The molecule has 5 nitrogen and oxygen atoms in total. The van der Waals surface area contributed by atoms with Crippen molar-refractivity contribution in [2.24, 2.45) is 0 Å². The fourth-order valence-electron chi connectivity index (χ4n) is 3.76. The van der Waals surface area contributed by atoms with E-state index in [4.69, 9.17) is 9.47 Å². The van der Waals surface area contributed by atoms with E-state index in [1.807, 2.05) is 35.3 Å². The molecule has 1 fully saturated rings. The molecule has 0 bridgehead atoms. The molecule has 3 rings (SSSR count). The van der Waals surface area contributed by atoms with Gasteiger partial charge in [0.2, 0.25) is 5.91 Å². The summed E-state index contributed by atoms with van der Waals surface area (Å²) in [6.07, 6.45) is 6.07. The summed E-state index contributed by atoms with van der Waals surface area (Å²) in [5.74, 6) is 1.32. The zero-order valence-electron chi connectivity index (χ0n) is 13.6. The Balaban J connectivity index is 1.77. The molecule has 0 unspecified atom stereocenters. The van der Waals surface area contributed by atoms with Crippen molar-refractivity contribution >= 4 is 5.91 Å². The van der Waals surface area contributed by atoms with Crippen molar-refractivity contribution in [3.8, 4) is 11.5 Å². The molecule has 1 spiro atoms. The summed E-state index contributed by atoms with van der Waals surface area (Å²) < 4.78 is 10.5. The van der Waals surface area contributed by atoms with Gasteiger partial charge in [0.1, 0.15) is 0 Å². The second-order valence-electron chi connectivity index (χ2n) is 6.20. The average molecular weight is 317 g/mol. The molecule has 124 valence electrons. The summed E-state index contributed by atoms with van der Waals surface area (Å²) in [5, 5.41) is 10.3. The highest BCUT2D eigenvalue weighted by molar-refractivity contribution is 5.80. The lowest BCUT2D eigenvalue weighted by atomic mass is 9.90. The maximum absolute atomic E-state index is 12.8. The zero-order valence-corrected chi connectivity index (χ0v) is 13.6. The van der Waals surface area contributed by atoms with E-state index in [2.05, 4.69) is 0 Å². The Kier molecular flexibility index (Phi) is 4.31. The summed E-state index contributed by atoms with van der Waals surface area (Å²) in [6.45, 7) is 0.713. The molecular formula is C18H23NO4. The molecule has 1 aliphatic carbocycles. The number of nitrogens with zero attached hydrogens (tertiary/aromatic N) is 1. The Morgan fingerprint density at radius 1 is 1.35 bits per heavy atom. The number of likely N-dealkylation sites (tertiary alicyclic amines) is 1. The maximum atomic E-state index is 12.8. The molecule has 5 heteroatoms. The normalized spacial score (nSPS) is 26.0. The van der Waals surface area contributed by atoms with Crippen LogP contribution < -0.4 is 9.47 Å². The Morgan fingerprint density at radius 2 is 2.13 bits per heavy atom. The second kappa shape index (κ2) is 6.24. The van der Waals surface area contributed by atoms with E-state index in [9.17, 15) is 9.90 Å². The van der Waals surface area contributed by atoms with Crippen LogP contribution in [-0.4, -0.2) is 48.3 Å². The first-order chi connectivity index (χ1) is 11.1. The first-order valence-corrected chi connectivity index (χ1v) is 7.97. The number of aliphatic hydroxyl groups is 1. The Bertz CT molecular complexity index is 627. The fourth-order valence-corrected chi connectivity index (χ4v) is 3.76. The average Bonchev–Trinajstić information content (AvgIpc) is 3.15. The number of hydrogen-bond acceptors (Lipinski definition) is 4. The van der Waals surface area contributed by atoms with Gasteiger partial charge < -0.3 is 19.5 Å². The number of hydrogen-bond donors (Lipinski definition) is 1. The number of aliphatic hydroxyl groups excluding tert-OH is 1. The number of amides is 1. The van der Waals surface area contributed by atoms with Crippen molar-refractivity contribution in [3.63, 3.8) is 0 Å². The van der Waals surface area contributed by atoms with Gasteiger partial charge in [-0.2, -0.15) is 0 Å². The van der Waals surface area contributed by atoms with Gasteiger partial charge in [-0.05, 0) is 37.0 Å². The number of benzene rings is 1. The summed E-state index contributed by atoms with van der Waals surface area (Å²) >= 11 is 0. The summed E-state index contributed by atoms with van der Waals surface area (Å²) in [5.41, 5.74) is 0.461. The lowest BCUT2D eigenvalue weighted by molar-refractivity contribution is -0.137. The number of ether oxygens (including phenoxy) is 2. The molecule has 23 heavy (non-hydrogen) atoms. The van der Waals surface area contributed by atoms with E-state index in [0.717, 1.165) is 24.8 Å². The standard InChI is InChI=1S/C18H23NO4/c1-22-14-7-6-13(11-15(14)23-2)12-17(21)19-10-4-9-18(19)8-3-5-16(18)20/h3,5-7,11,16,20H,4,8-10,12H2,1-2H3/t16-,18-/m0/s1. The molecule has 0 aromatic heterocycles. The van der Waals surface area contributed by atoms with Gasteiger partial charge >= 0.3 is 0 Å². The van der Waals surface area contributed by atoms with Crippen molar-refractivity contribution in [2.45, 2.75) is 37.3 Å². The van der Waals surface area contributed by atoms with Gasteiger partial charge in [0, 0.05) is 6.54 Å². The third-order valence-electron chi connectivity index (χ3n) is 4.97. The van der Waals surface area contributed by atoms with Crippen molar-refractivity contribution < 1.29 is 19.4 Å². The van der Waals surface area contributed by atoms with Crippen molar-refractivity contribution in [3.05, 3.63) is 35.9 Å². The lowest BCUT2D eigenvalue weighted by Gasteiger charge is -2.38. The summed E-state index contributed by atoms with van der Waals surface area (Å²) in [7, 11) is 3.17. The minimum Gasteiger partial charge on any atom is -0.493 e. The highest BCUT2D eigenvalue weighted by atomic mass is 16.5. The van der Waals surface area contributed by atoms with Gasteiger partial charge in [-0.1, -0.05) is 18.2 Å². The van der Waals surface area contributed by atoms with E-state index in [-0.39, 0.29) is 5.91 Å². The second-order valence-corrected chi connectivity index (χ2v) is 6.20. The third-order valence-corrected chi connectivity index (χ3v) is 4.97. The van der Waals surface area contributed by atoms with Crippen LogP contribution in [0.1, 0.15) is 24.8 Å². The highest BCUT2D eigenvalue weighted by Gasteiger charge is 2.49. The number of carbonyl (C=O) groups is 1. The van der Waals surface area contributed by atoms with Crippen LogP contribution in [0.15, 0.2) is 30.4 Å². The number of methoxy groups -OCH3 is 2. The molecular weight excluding hydrogens is 294 g/mol. The van der Waals surface area contributed by atoms with Crippen molar-refractivity contribution in [1.82, 2.24) is 4.90 Å². The van der Waals surface area contributed by atoms with Gasteiger partial charge in [-0.15, -0.1) is 0 Å². The predicted molar refractivity (Wildman–Crippen MR) is 86.7 cm³/mol. The van der Waals surface area contributed by atoms with E-state index >= 15 is 0 Å². The Hall–Kier alpha value is -2.01. The Labute approximate surface area is 136 Å². The van der Waals surface area contributed by atoms with Crippen LogP contribution in [0.25, 0.3) is 0 Å². The quantitative estimate of drug-likeness (QED) is 0.862. The van der Waals surface area contributed by atoms with Crippen molar-refractivity contribution in [1.29, 1.82) is 0 Å². The highest BCUT2D eigenvalue weighted by Crippen LogP contribution is 2.40. The first kappa shape index (κ1) is 15.9. The summed E-state index contributed by atoms with van der Waals surface area (Å²) in [4.78, 5) is 14.7. The molecule has 1 amide bonds. The topological polar surface area (TPSA) is 59.0 Å². The molecule has 2 aliphatic rings. The van der Waals surface area contributed by atoms with Gasteiger partial charge in [-0.3, -0.25) is 4.79 Å². The van der Waals surface area contributed by atoms with Crippen LogP contribution in [0.2, 0.25) is 0 Å². The lowest BCUT2D eigenvalue weighted by Crippen LogP contribution is -2.53. The van der Waals surface area contributed by atoms with E-state index in [1.54, 1.807) is 14.2 Å². The van der Waals surface area contributed by atoms with Crippen LogP contribution in [0.4, 0.5) is 0 Å². The van der Waals surface area contributed by atoms with Crippen LogP contribution in [-0.2, 0) is 11.2 Å². The smallest absolute Gasteiger partial charge is 0.227 e. The van der Waals surface area contributed by atoms with Gasteiger partial charge in [-0.25, -0.2) is 0 Å². The largest absolute Gasteiger partial charge is 0.493 e. The van der Waals surface area contributed by atoms with Gasteiger partial charge in [0.15, 0.2) is 11.5 Å². The first-order valence-electron chi connectivity index (χ1n) is 7.97. The monoisotopic (exact) mass is 317 g/mol. The van der Waals surface area contributed by atoms with Gasteiger partial charge in [0.05, 0.1) is 32.3 Å². The van der Waals surface area contributed by atoms with Crippen molar-refractivity contribution in [2.75, 3.05) is 20.8 Å². The molecule has 0 saturated carbocycles. The molecule has 1 heterocycles. The van der Waals surface area contributed by atoms with Crippen LogP contribution in [0.3, 0.4) is 0 Å². The Morgan fingerprint density at radius 3 is 2.78 bits per heavy atom. The molecule has 1 aromatic rings. The third kappa shape index (κ3) is 2.70. The molecule has 1 aliphatic heterocycles. The fraction of sp³-hybridized carbons (Fsp3) is 0.500. The maximum Gasteiger partial charge on any atom is 0.227 e. The van der Waals surface area contributed by atoms with Crippen LogP contribution in [0, 0.1) is 0 Å². The van der Waals surface area contributed by atoms with E-state index in [0.29, 0.717) is 24.5 Å². The molecule has 1 aromatic carbocycles. The SMILES string of the molecule is COc1ccc(CC(=O)N2CCC[C@]23CC=C[C@@H]3O)cc1OC. The number of carbonyl (C=O) groups excluding carboxylic acids is 1. The molecule has 1 N–H and O–H groups in total. The van der Waals surface area contributed by atoms with E-state index < -0.39 is 11.6 Å².